The summed E-state index contributed by atoms with van der Waals surface area (Å²) in [5.41, 5.74) is 0. The third-order valence-electron chi connectivity index (χ3n) is 2.92. The summed E-state index contributed by atoms with van der Waals surface area (Å²) in [4.78, 5) is 11.4. The molecule has 0 rings (SSSR count). The van der Waals surface area contributed by atoms with E-state index in [-0.39, 0.29) is 31.2 Å². The van der Waals surface area contributed by atoms with Gasteiger partial charge in [0.1, 0.15) is 6.61 Å². The van der Waals surface area contributed by atoms with Crippen LogP contribution in [0.2, 0.25) is 0 Å². The van der Waals surface area contributed by atoms with Gasteiger partial charge in [-0.15, -0.1) is 0 Å². The van der Waals surface area contributed by atoms with Crippen molar-refractivity contribution < 1.29 is 28.8 Å². The molecule has 0 aromatic heterocycles. The van der Waals surface area contributed by atoms with Gasteiger partial charge in [-0.3, -0.25) is 4.79 Å². The maximum atomic E-state index is 11.4. The zero-order chi connectivity index (χ0) is 15.9. The predicted octanol–water partition coefficient (Wildman–Crippen LogP) is 1.40. The molecule has 21 heavy (non-hydrogen) atoms. The topological polar surface area (TPSA) is 74.2 Å². The van der Waals surface area contributed by atoms with Gasteiger partial charge in [0.25, 0.3) is 0 Å². The van der Waals surface area contributed by atoms with Gasteiger partial charge in [-0.1, -0.05) is 13.8 Å². The van der Waals surface area contributed by atoms with E-state index in [1.165, 1.54) is 0 Å². The van der Waals surface area contributed by atoms with Gasteiger partial charge in [0.05, 0.1) is 38.4 Å². The van der Waals surface area contributed by atoms with Crippen molar-refractivity contribution >= 4 is 5.97 Å². The van der Waals surface area contributed by atoms with Crippen molar-refractivity contribution in [3.63, 3.8) is 0 Å². The van der Waals surface area contributed by atoms with Crippen molar-refractivity contribution in [3.8, 4) is 0 Å². The zero-order valence-electron chi connectivity index (χ0n) is 13.5. The van der Waals surface area contributed by atoms with E-state index in [0.29, 0.717) is 39.5 Å². The Bertz CT molecular complexity index is 246. The Balaban J connectivity index is 3.27. The molecule has 0 aliphatic carbocycles. The third-order valence-corrected chi connectivity index (χ3v) is 2.92. The molecular weight excluding hydrogens is 276 g/mol. The summed E-state index contributed by atoms with van der Waals surface area (Å²) in [6.07, 6.45) is 1.43. The lowest BCUT2D eigenvalue weighted by atomic mass is 10.1. The van der Waals surface area contributed by atoms with Crippen molar-refractivity contribution in [2.75, 3.05) is 46.2 Å². The van der Waals surface area contributed by atoms with Crippen LogP contribution >= 0.6 is 0 Å². The van der Waals surface area contributed by atoms with E-state index in [1.807, 2.05) is 20.8 Å². The lowest BCUT2D eigenvalue weighted by Gasteiger charge is -2.13. The maximum Gasteiger partial charge on any atom is 0.308 e. The standard InChI is InChI=1S/C15H30O6/c1-4-13(2)15(17)21-11-10-18-8-9-19-12-14(3)20-7-5-6-16/h13-14,16H,4-12H2,1-3H3. The van der Waals surface area contributed by atoms with E-state index >= 15 is 0 Å². The number of carbonyl (C=O) groups is 1. The molecule has 0 aromatic rings. The van der Waals surface area contributed by atoms with Crippen molar-refractivity contribution in [3.05, 3.63) is 0 Å². The minimum Gasteiger partial charge on any atom is -0.463 e. The number of rotatable bonds is 14. The average Bonchev–Trinajstić information content (AvgIpc) is 2.49. The largest absolute Gasteiger partial charge is 0.463 e. The summed E-state index contributed by atoms with van der Waals surface area (Å²) in [5.74, 6) is -0.230. The SMILES string of the molecule is CCC(C)C(=O)OCCOCCOCC(C)OCCCO. The number of hydrogen-bond acceptors (Lipinski definition) is 6. The molecule has 2 unspecified atom stereocenters. The molecule has 0 aromatic carbocycles. The Kier molecular flexibility index (Phi) is 13.8. The van der Waals surface area contributed by atoms with E-state index in [0.717, 1.165) is 6.42 Å². The highest BCUT2D eigenvalue weighted by atomic mass is 16.6. The molecule has 6 heteroatoms. The molecule has 0 bridgehead atoms. The van der Waals surface area contributed by atoms with E-state index in [9.17, 15) is 4.79 Å². The normalized spacial score (nSPS) is 13.9. The molecule has 0 amide bonds. The van der Waals surface area contributed by atoms with E-state index < -0.39 is 0 Å². The molecule has 2 atom stereocenters. The van der Waals surface area contributed by atoms with Crippen LogP contribution in [0.25, 0.3) is 0 Å². The predicted molar refractivity (Wildman–Crippen MR) is 79.2 cm³/mol. The molecule has 0 aliphatic rings. The number of carbonyl (C=O) groups excluding carboxylic acids is 1. The van der Waals surface area contributed by atoms with Gasteiger partial charge in [-0.25, -0.2) is 0 Å². The quantitative estimate of drug-likeness (QED) is 0.386. The highest BCUT2D eigenvalue weighted by molar-refractivity contribution is 5.71. The van der Waals surface area contributed by atoms with Gasteiger partial charge in [0, 0.05) is 13.2 Å². The second-order valence-electron chi connectivity index (χ2n) is 4.92. The minimum atomic E-state index is -0.175. The van der Waals surface area contributed by atoms with Crippen LogP contribution in [0, 0.1) is 5.92 Å². The highest BCUT2D eigenvalue weighted by Crippen LogP contribution is 2.02. The number of hydrogen-bond donors (Lipinski definition) is 1. The first-order valence-corrected chi connectivity index (χ1v) is 7.66. The summed E-state index contributed by atoms with van der Waals surface area (Å²) in [7, 11) is 0. The molecule has 0 heterocycles. The molecular formula is C15H30O6. The summed E-state index contributed by atoms with van der Waals surface area (Å²) < 4.78 is 21.1. The van der Waals surface area contributed by atoms with Gasteiger partial charge >= 0.3 is 5.97 Å². The molecule has 6 nitrogen and oxygen atoms in total. The first-order chi connectivity index (χ1) is 10.1. The first-order valence-electron chi connectivity index (χ1n) is 7.66. The number of esters is 1. The fourth-order valence-corrected chi connectivity index (χ4v) is 1.38. The second-order valence-corrected chi connectivity index (χ2v) is 4.92. The second kappa shape index (κ2) is 14.3. The van der Waals surface area contributed by atoms with E-state index in [2.05, 4.69) is 0 Å². The van der Waals surface area contributed by atoms with Crippen LogP contribution in [0.4, 0.5) is 0 Å². The van der Waals surface area contributed by atoms with Crippen LogP contribution in [0.1, 0.15) is 33.6 Å². The van der Waals surface area contributed by atoms with Gasteiger partial charge < -0.3 is 24.1 Å². The lowest BCUT2D eigenvalue weighted by molar-refractivity contribution is -0.149. The van der Waals surface area contributed by atoms with E-state index in [1.54, 1.807) is 0 Å². The molecule has 0 fully saturated rings. The number of ether oxygens (including phenoxy) is 4. The molecule has 0 spiro atoms. The first kappa shape index (κ1) is 20.3. The van der Waals surface area contributed by atoms with Crippen LogP contribution in [-0.4, -0.2) is 63.4 Å². The summed E-state index contributed by atoms with van der Waals surface area (Å²) >= 11 is 0. The molecule has 1 N–H and O–H groups in total. The van der Waals surface area contributed by atoms with Crippen molar-refractivity contribution in [1.29, 1.82) is 0 Å². The molecule has 0 saturated heterocycles. The number of aliphatic hydroxyl groups is 1. The van der Waals surface area contributed by atoms with Crippen LogP contribution in [0.15, 0.2) is 0 Å². The fraction of sp³-hybridized carbons (Fsp3) is 0.933. The zero-order valence-corrected chi connectivity index (χ0v) is 13.5. The summed E-state index contributed by atoms with van der Waals surface area (Å²) in [5, 5.41) is 8.62. The smallest absolute Gasteiger partial charge is 0.308 e. The highest BCUT2D eigenvalue weighted by Gasteiger charge is 2.11. The molecule has 0 aliphatic heterocycles. The molecule has 0 saturated carbocycles. The average molecular weight is 306 g/mol. The van der Waals surface area contributed by atoms with Crippen LogP contribution in [0.5, 0.6) is 0 Å². The Morgan fingerprint density at radius 3 is 2.38 bits per heavy atom. The Morgan fingerprint density at radius 1 is 1.05 bits per heavy atom. The van der Waals surface area contributed by atoms with Crippen LogP contribution < -0.4 is 0 Å². The lowest BCUT2D eigenvalue weighted by Crippen LogP contribution is -2.20. The Labute approximate surface area is 127 Å². The number of aliphatic hydroxyl groups excluding tert-OH is 1. The molecule has 126 valence electrons. The summed E-state index contributed by atoms with van der Waals surface area (Å²) in [6.45, 7) is 8.51. The van der Waals surface area contributed by atoms with Crippen LogP contribution in [0.3, 0.4) is 0 Å². The van der Waals surface area contributed by atoms with E-state index in [4.69, 9.17) is 24.1 Å². The third kappa shape index (κ3) is 12.7. The monoisotopic (exact) mass is 306 g/mol. The van der Waals surface area contributed by atoms with Gasteiger partial charge in [0.15, 0.2) is 0 Å². The Hall–Kier alpha value is -0.690. The van der Waals surface area contributed by atoms with Gasteiger partial charge in [0.2, 0.25) is 0 Å². The van der Waals surface area contributed by atoms with Crippen molar-refractivity contribution in [1.82, 2.24) is 0 Å². The summed E-state index contributed by atoms with van der Waals surface area (Å²) in [6, 6.07) is 0. The molecule has 0 radical (unpaired) electrons. The van der Waals surface area contributed by atoms with Crippen LogP contribution in [-0.2, 0) is 23.7 Å². The minimum absolute atomic E-state index is 0.00744. The fourth-order valence-electron chi connectivity index (χ4n) is 1.38. The van der Waals surface area contributed by atoms with Crippen molar-refractivity contribution in [2.24, 2.45) is 5.92 Å². The van der Waals surface area contributed by atoms with Gasteiger partial charge in [-0.2, -0.15) is 0 Å². The Morgan fingerprint density at radius 2 is 1.71 bits per heavy atom. The van der Waals surface area contributed by atoms with Crippen molar-refractivity contribution in [2.45, 2.75) is 39.7 Å². The van der Waals surface area contributed by atoms with Gasteiger partial charge in [-0.05, 0) is 19.8 Å². The maximum absolute atomic E-state index is 11.4.